The summed E-state index contributed by atoms with van der Waals surface area (Å²) in [5.41, 5.74) is 2.66. The van der Waals surface area contributed by atoms with Gasteiger partial charge in [-0.05, 0) is 83.1 Å². The SMILES string of the molecule is CCOC(C)c1ccc(C(=O)Nc2ccc(Oc3ccccc3OC(C)C)cc2)c(C)n1. The molecule has 3 rings (SSSR count). The van der Waals surface area contributed by atoms with Gasteiger partial charge in [0.1, 0.15) is 5.75 Å². The maximum absolute atomic E-state index is 12.7. The van der Waals surface area contributed by atoms with Gasteiger partial charge >= 0.3 is 0 Å². The first kappa shape index (κ1) is 23.3. The lowest BCUT2D eigenvalue weighted by molar-refractivity contribution is 0.0732. The van der Waals surface area contributed by atoms with Gasteiger partial charge in [0.25, 0.3) is 5.91 Å². The number of anilines is 1. The van der Waals surface area contributed by atoms with Crippen LogP contribution in [0.2, 0.25) is 0 Å². The number of hydrogen-bond donors (Lipinski definition) is 1. The Balaban J connectivity index is 1.67. The number of amides is 1. The minimum atomic E-state index is -0.213. The molecule has 6 heteroatoms. The molecule has 6 nitrogen and oxygen atoms in total. The van der Waals surface area contributed by atoms with Crippen LogP contribution in [0.3, 0.4) is 0 Å². The van der Waals surface area contributed by atoms with E-state index >= 15 is 0 Å². The number of nitrogens with zero attached hydrogens (tertiary/aromatic N) is 1. The molecule has 1 N–H and O–H groups in total. The summed E-state index contributed by atoms with van der Waals surface area (Å²) in [5.74, 6) is 1.76. The number of rotatable bonds is 9. The molecule has 0 aliphatic heterocycles. The summed E-state index contributed by atoms with van der Waals surface area (Å²) in [6.07, 6.45) is -0.0637. The van der Waals surface area contributed by atoms with Crippen molar-refractivity contribution in [3.05, 3.63) is 77.6 Å². The molecule has 0 fully saturated rings. The van der Waals surface area contributed by atoms with Gasteiger partial charge in [-0.25, -0.2) is 0 Å². The van der Waals surface area contributed by atoms with E-state index in [9.17, 15) is 4.79 Å². The van der Waals surface area contributed by atoms with E-state index in [2.05, 4.69) is 10.3 Å². The molecule has 0 radical (unpaired) electrons. The van der Waals surface area contributed by atoms with Gasteiger partial charge in [0.2, 0.25) is 0 Å². The average molecular weight is 435 g/mol. The summed E-state index contributed by atoms with van der Waals surface area (Å²) in [7, 11) is 0. The van der Waals surface area contributed by atoms with Gasteiger partial charge in [-0.1, -0.05) is 12.1 Å². The largest absolute Gasteiger partial charge is 0.487 e. The Kier molecular flexibility index (Phi) is 7.84. The summed E-state index contributed by atoms with van der Waals surface area (Å²) >= 11 is 0. The number of benzene rings is 2. The van der Waals surface area contributed by atoms with Crippen molar-refractivity contribution in [2.24, 2.45) is 0 Å². The maximum atomic E-state index is 12.7. The number of pyridine rings is 1. The van der Waals surface area contributed by atoms with Crippen molar-refractivity contribution in [3.8, 4) is 17.2 Å². The first-order valence-electron chi connectivity index (χ1n) is 10.8. The molecule has 1 aromatic heterocycles. The molecule has 0 aliphatic rings. The lowest BCUT2D eigenvalue weighted by Gasteiger charge is -2.15. The third-order valence-corrected chi connectivity index (χ3v) is 4.74. The highest BCUT2D eigenvalue weighted by molar-refractivity contribution is 6.05. The maximum Gasteiger partial charge on any atom is 0.257 e. The minimum Gasteiger partial charge on any atom is -0.487 e. The quantitative estimate of drug-likeness (QED) is 0.427. The Labute approximate surface area is 189 Å². The molecule has 168 valence electrons. The fourth-order valence-electron chi connectivity index (χ4n) is 3.20. The number of aryl methyl sites for hydroxylation is 1. The molecular weight excluding hydrogens is 404 g/mol. The molecule has 1 atom stereocenters. The highest BCUT2D eigenvalue weighted by atomic mass is 16.5. The Bertz CT molecular complexity index is 1050. The summed E-state index contributed by atoms with van der Waals surface area (Å²) in [5, 5.41) is 2.91. The van der Waals surface area contributed by atoms with E-state index in [1.807, 2.05) is 65.0 Å². The second-order valence-electron chi connectivity index (χ2n) is 7.66. The van der Waals surface area contributed by atoms with E-state index in [0.29, 0.717) is 40.8 Å². The van der Waals surface area contributed by atoms with E-state index in [0.717, 1.165) is 5.69 Å². The van der Waals surface area contributed by atoms with Gasteiger partial charge in [-0.2, -0.15) is 0 Å². The second kappa shape index (κ2) is 10.8. The first-order chi connectivity index (χ1) is 15.4. The third kappa shape index (κ3) is 6.08. The van der Waals surface area contributed by atoms with Gasteiger partial charge < -0.3 is 19.5 Å². The van der Waals surface area contributed by atoms with Crippen LogP contribution in [0, 0.1) is 6.92 Å². The molecule has 0 spiro atoms. The predicted molar refractivity (Wildman–Crippen MR) is 126 cm³/mol. The molecule has 0 saturated carbocycles. The van der Waals surface area contributed by atoms with Gasteiger partial charge in [0.15, 0.2) is 11.5 Å². The van der Waals surface area contributed by atoms with Crippen LogP contribution in [-0.4, -0.2) is 23.6 Å². The molecule has 2 aromatic carbocycles. The predicted octanol–water partition coefficient (Wildman–Crippen LogP) is 6.32. The summed E-state index contributed by atoms with van der Waals surface area (Å²) in [6.45, 7) is 10.3. The van der Waals surface area contributed by atoms with Crippen LogP contribution >= 0.6 is 0 Å². The second-order valence-corrected chi connectivity index (χ2v) is 7.66. The molecule has 0 aliphatic carbocycles. The van der Waals surface area contributed by atoms with Crippen molar-refractivity contribution >= 4 is 11.6 Å². The topological polar surface area (TPSA) is 69.7 Å². The average Bonchev–Trinajstić information content (AvgIpc) is 2.76. The van der Waals surface area contributed by atoms with Gasteiger partial charge in [-0.15, -0.1) is 0 Å². The number of nitrogens with one attached hydrogen (secondary N) is 1. The number of para-hydroxylation sites is 2. The number of hydrogen-bond acceptors (Lipinski definition) is 5. The molecule has 3 aromatic rings. The zero-order valence-corrected chi connectivity index (χ0v) is 19.2. The van der Waals surface area contributed by atoms with Crippen molar-refractivity contribution in [1.29, 1.82) is 0 Å². The number of aromatic nitrogens is 1. The third-order valence-electron chi connectivity index (χ3n) is 4.74. The van der Waals surface area contributed by atoms with E-state index < -0.39 is 0 Å². The monoisotopic (exact) mass is 434 g/mol. The van der Waals surface area contributed by atoms with Gasteiger partial charge in [0, 0.05) is 12.3 Å². The van der Waals surface area contributed by atoms with Crippen LogP contribution in [-0.2, 0) is 4.74 Å². The lowest BCUT2D eigenvalue weighted by Crippen LogP contribution is -2.15. The Morgan fingerprint density at radius 3 is 2.28 bits per heavy atom. The van der Waals surface area contributed by atoms with Crippen molar-refractivity contribution in [1.82, 2.24) is 4.98 Å². The molecule has 0 bridgehead atoms. The smallest absolute Gasteiger partial charge is 0.257 e. The van der Waals surface area contributed by atoms with E-state index in [1.54, 1.807) is 30.3 Å². The lowest BCUT2D eigenvalue weighted by atomic mass is 10.1. The van der Waals surface area contributed by atoms with Crippen LogP contribution in [0.5, 0.6) is 17.2 Å². The van der Waals surface area contributed by atoms with Crippen molar-refractivity contribution in [2.45, 2.75) is 46.8 Å². The fraction of sp³-hybridized carbons (Fsp3) is 0.308. The van der Waals surface area contributed by atoms with Gasteiger partial charge in [0.05, 0.1) is 29.2 Å². The Morgan fingerprint density at radius 1 is 0.969 bits per heavy atom. The number of ether oxygens (including phenoxy) is 3. The van der Waals surface area contributed by atoms with Gasteiger partial charge in [-0.3, -0.25) is 9.78 Å². The van der Waals surface area contributed by atoms with Crippen molar-refractivity contribution in [2.75, 3.05) is 11.9 Å². The minimum absolute atomic E-state index is 0.0479. The standard InChI is InChI=1S/C26H30N2O4/c1-6-30-19(5)23-16-15-22(18(4)27-23)26(29)28-20-11-13-21(14-12-20)32-25-10-8-7-9-24(25)31-17(2)3/h7-17,19H,6H2,1-5H3,(H,28,29). The van der Waals surface area contributed by atoms with Crippen LogP contribution < -0.4 is 14.8 Å². The molecule has 32 heavy (non-hydrogen) atoms. The molecule has 1 amide bonds. The summed E-state index contributed by atoms with van der Waals surface area (Å²) in [6, 6.07) is 18.4. The highest BCUT2D eigenvalue weighted by Gasteiger charge is 2.14. The Morgan fingerprint density at radius 2 is 1.66 bits per heavy atom. The van der Waals surface area contributed by atoms with Crippen molar-refractivity contribution < 1.29 is 19.0 Å². The summed E-state index contributed by atoms with van der Waals surface area (Å²) < 4.78 is 17.3. The molecule has 1 heterocycles. The van der Waals surface area contributed by atoms with Crippen LogP contribution in [0.25, 0.3) is 0 Å². The zero-order chi connectivity index (χ0) is 23.1. The van der Waals surface area contributed by atoms with Crippen molar-refractivity contribution in [3.63, 3.8) is 0 Å². The summed E-state index contributed by atoms with van der Waals surface area (Å²) in [4.78, 5) is 17.3. The first-order valence-corrected chi connectivity index (χ1v) is 10.8. The van der Waals surface area contributed by atoms with E-state index in [4.69, 9.17) is 14.2 Å². The number of carbonyl (C=O) groups excluding carboxylic acids is 1. The van der Waals surface area contributed by atoms with Crippen LogP contribution in [0.1, 0.15) is 55.5 Å². The molecule has 0 saturated heterocycles. The number of carbonyl (C=O) groups is 1. The van der Waals surface area contributed by atoms with E-state index in [1.165, 1.54) is 0 Å². The Hall–Kier alpha value is -3.38. The van der Waals surface area contributed by atoms with Crippen LogP contribution in [0.4, 0.5) is 5.69 Å². The zero-order valence-electron chi connectivity index (χ0n) is 19.2. The van der Waals surface area contributed by atoms with E-state index in [-0.39, 0.29) is 18.1 Å². The van der Waals surface area contributed by atoms with Crippen LogP contribution in [0.15, 0.2) is 60.7 Å². The molecule has 1 unspecified atom stereocenters. The highest BCUT2D eigenvalue weighted by Crippen LogP contribution is 2.32. The fourth-order valence-corrected chi connectivity index (χ4v) is 3.20. The normalized spacial score (nSPS) is 11.8. The molecular formula is C26H30N2O4.